The zero-order chi connectivity index (χ0) is 42.2. The molecule has 5 amide bonds. The second kappa shape index (κ2) is 14.9. The van der Waals surface area contributed by atoms with Crippen LogP contribution in [0.25, 0.3) is 0 Å². The number of nitriles is 1. The minimum Gasteiger partial charge on any atom is -0.489 e. The van der Waals surface area contributed by atoms with Crippen LogP contribution in [0.1, 0.15) is 125 Å². The quantitative estimate of drug-likeness (QED) is 0.215. The Bertz CT molecular complexity index is 2470. The Labute approximate surface area is 355 Å². The van der Waals surface area contributed by atoms with E-state index in [4.69, 9.17) is 16.3 Å². The Balaban J connectivity index is 0.786. The Morgan fingerprint density at radius 2 is 1.52 bits per heavy atom. The topological polar surface area (TPSA) is 140 Å². The maximum atomic E-state index is 13.8. The highest BCUT2D eigenvalue weighted by molar-refractivity contribution is 6.31. The van der Waals surface area contributed by atoms with E-state index in [0.717, 1.165) is 77.9 Å². The SMILES string of the molecule is CC1(C)[C@H](Oc2ccc(C#N)c(Cl)c2)C(C)(C)[C@H]1N1Cc2cc(C#C[C@H]3CC[C@H](CN4CCc5cc6c(cc5C4)C(=O)N(C4CCC(=O)NC4=O)C6=O)CC3)ccc2C1=O. The molecule has 4 heterocycles. The molecule has 2 aliphatic carbocycles. The van der Waals surface area contributed by atoms with E-state index in [9.17, 15) is 29.2 Å². The molecule has 2 saturated carbocycles. The van der Waals surface area contributed by atoms with Gasteiger partial charge in [0.2, 0.25) is 11.8 Å². The summed E-state index contributed by atoms with van der Waals surface area (Å²) < 4.78 is 6.48. The lowest BCUT2D eigenvalue weighted by atomic mass is 9.49. The first-order chi connectivity index (χ1) is 28.6. The van der Waals surface area contributed by atoms with Crippen LogP contribution < -0.4 is 10.1 Å². The molecule has 0 spiro atoms. The van der Waals surface area contributed by atoms with Gasteiger partial charge in [-0.15, -0.1) is 0 Å². The molecule has 0 bridgehead atoms. The van der Waals surface area contributed by atoms with Gasteiger partial charge in [0.25, 0.3) is 17.7 Å². The number of ether oxygens (including phenoxy) is 1. The average Bonchev–Trinajstić information content (AvgIpc) is 3.65. The summed E-state index contributed by atoms with van der Waals surface area (Å²) in [7, 11) is 0. The first-order valence-corrected chi connectivity index (χ1v) is 21.4. The monoisotopic (exact) mass is 825 g/mol. The molecular weight excluding hydrogens is 778 g/mol. The molecule has 6 aliphatic rings. The second-order valence-corrected chi connectivity index (χ2v) is 19.1. The fourth-order valence-electron chi connectivity index (χ4n) is 11.4. The molecule has 60 heavy (non-hydrogen) atoms. The van der Waals surface area contributed by atoms with Gasteiger partial charge in [-0.3, -0.25) is 39.1 Å². The van der Waals surface area contributed by atoms with E-state index in [1.807, 2.05) is 29.2 Å². The van der Waals surface area contributed by atoms with E-state index in [2.05, 4.69) is 61.9 Å². The highest BCUT2D eigenvalue weighted by Gasteiger charge is 2.67. The van der Waals surface area contributed by atoms with E-state index in [1.54, 1.807) is 18.2 Å². The summed E-state index contributed by atoms with van der Waals surface area (Å²) in [6.07, 6.45) is 5.09. The number of hydrogen-bond donors (Lipinski definition) is 1. The first-order valence-electron chi connectivity index (χ1n) is 21.1. The number of hydrogen-bond acceptors (Lipinski definition) is 8. The Kier molecular flexibility index (Phi) is 9.92. The van der Waals surface area contributed by atoms with Gasteiger partial charge in [0, 0.05) is 72.6 Å². The maximum Gasteiger partial charge on any atom is 0.262 e. The Morgan fingerprint density at radius 3 is 2.20 bits per heavy atom. The van der Waals surface area contributed by atoms with Gasteiger partial charge < -0.3 is 9.64 Å². The molecule has 4 aliphatic heterocycles. The molecule has 1 atom stereocenters. The molecule has 308 valence electrons. The fourth-order valence-corrected chi connectivity index (χ4v) is 11.6. The summed E-state index contributed by atoms with van der Waals surface area (Å²) in [6, 6.07) is 15.9. The third kappa shape index (κ3) is 6.76. The lowest BCUT2D eigenvalue weighted by molar-refractivity contribution is -0.199. The summed E-state index contributed by atoms with van der Waals surface area (Å²) in [5, 5.41) is 11.9. The number of imide groups is 2. The molecule has 1 unspecified atom stereocenters. The van der Waals surface area contributed by atoms with Crippen LogP contribution in [-0.4, -0.2) is 75.5 Å². The molecule has 1 saturated heterocycles. The van der Waals surface area contributed by atoms with E-state index < -0.39 is 23.8 Å². The zero-order valence-corrected chi connectivity index (χ0v) is 35.2. The van der Waals surface area contributed by atoms with Crippen molar-refractivity contribution < 1.29 is 28.7 Å². The predicted octanol–water partition coefficient (Wildman–Crippen LogP) is 6.67. The minimum absolute atomic E-state index is 0.0370. The standard InChI is InChI=1S/C48H48ClN5O6/c1-47(2)45(48(3,4)46(47)60-34-13-12-31(23-50)38(49)22-34)53-26-33-19-28(11-14-35(33)42(53)57)8-5-27-6-9-29(10-7-27)24-52-18-17-30-20-36-37(21-32(30)25-52)44(59)54(43(36)58)39-15-16-40(55)51-41(39)56/h11-14,19-22,27,29,39,45-46H,6-7,9-10,15-18,24-26H2,1-4H3,(H,51,55,56)/t27-,29-,39?,45-,46-. The third-order valence-electron chi connectivity index (χ3n) is 14.0. The molecule has 3 aromatic carbocycles. The number of nitrogens with zero attached hydrogens (tertiary/aromatic N) is 4. The number of amides is 5. The van der Waals surface area contributed by atoms with Crippen molar-refractivity contribution in [1.29, 1.82) is 5.26 Å². The minimum atomic E-state index is -0.966. The van der Waals surface area contributed by atoms with Gasteiger partial charge in [-0.25, -0.2) is 0 Å². The smallest absolute Gasteiger partial charge is 0.262 e. The number of fused-ring (bicyclic) bond motifs is 3. The highest BCUT2D eigenvalue weighted by atomic mass is 35.5. The number of halogens is 1. The molecule has 9 rings (SSSR count). The van der Waals surface area contributed by atoms with Crippen LogP contribution in [-0.2, 0) is 29.1 Å². The highest BCUT2D eigenvalue weighted by Crippen LogP contribution is 2.59. The van der Waals surface area contributed by atoms with Crippen LogP contribution in [0.15, 0.2) is 48.5 Å². The normalized spacial score (nSPS) is 26.6. The van der Waals surface area contributed by atoms with Crippen molar-refractivity contribution in [3.05, 3.63) is 98.1 Å². The number of rotatable bonds is 6. The lowest BCUT2D eigenvalue weighted by Crippen LogP contribution is -2.74. The van der Waals surface area contributed by atoms with E-state index >= 15 is 0 Å². The van der Waals surface area contributed by atoms with Crippen molar-refractivity contribution in [1.82, 2.24) is 20.0 Å². The van der Waals surface area contributed by atoms with Crippen molar-refractivity contribution >= 4 is 41.1 Å². The molecular formula is C48H48ClN5O6. The Hall–Kier alpha value is -5.49. The Morgan fingerprint density at radius 1 is 0.800 bits per heavy atom. The average molecular weight is 826 g/mol. The van der Waals surface area contributed by atoms with E-state index in [1.165, 1.54) is 0 Å². The molecule has 0 radical (unpaired) electrons. The van der Waals surface area contributed by atoms with Crippen molar-refractivity contribution in [2.45, 2.75) is 104 Å². The summed E-state index contributed by atoms with van der Waals surface area (Å²) in [5.41, 5.74) is 5.19. The van der Waals surface area contributed by atoms with Crippen LogP contribution >= 0.6 is 11.6 Å². The molecule has 0 aromatic heterocycles. The van der Waals surface area contributed by atoms with Crippen LogP contribution in [0.5, 0.6) is 5.75 Å². The van der Waals surface area contributed by atoms with Crippen LogP contribution in [0.3, 0.4) is 0 Å². The zero-order valence-electron chi connectivity index (χ0n) is 34.4. The third-order valence-corrected chi connectivity index (χ3v) is 14.3. The van der Waals surface area contributed by atoms with Gasteiger partial charge in [-0.1, -0.05) is 51.1 Å². The number of benzene rings is 3. The summed E-state index contributed by atoms with van der Waals surface area (Å²) in [5.74, 6) is 6.59. The van der Waals surface area contributed by atoms with Crippen molar-refractivity contribution in [2.24, 2.45) is 22.7 Å². The molecule has 3 aromatic rings. The molecule has 12 heteroatoms. The van der Waals surface area contributed by atoms with Gasteiger partial charge in [0.05, 0.1) is 21.7 Å². The van der Waals surface area contributed by atoms with Gasteiger partial charge in [-0.2, -0.15) is 5.26 Å². The first kappa shape index (κ1) is 39.9. The van der Waals surface area contributed by atoms with Crippen LogP contribution in [0.2, 0.25) is 5.02 Å². The fraction of sp³-hybridized carbons (Fsp3) is 0.458. The second-order valence-electron chi connectivity index (χ2n) is 18.7. The maximum absolute atomic E-state index is 13.8. The number of carbonyl (C=O) groups excluding carboxylic acids is 5. The van der Waals surface area contributed by atoms with Crippen LogP contribution in [0.4, 0.5) is 0 Å². The van der Waals surface area contributed by atoms with E-state index in [-0.39, 0.29) is 47.6 Å². The molecule has 1 N–H and O–H groups in total. The van der Waals surface area contributed by atoms with Gasteiger partial charge in [-0.05, 0) is 104 Å². The largest absolute Gasteiger partial charge is 0.489 e. The summed E-state index contributed by atoms with van der Waals surface area (Å²) in [6.45, 7) is 11.7. The van der Waals surface area contributed by atoms with Crippen molar-refractivity contribution in [3.63, 3.8) is 0 Å². The molecule has 11 nitrogen and oxygen atoms in total. The predicted molar refractivity (Wildman–Crippen MR) is 223 cm³/mol. The summed E-state index contributed by atoms with van der Waals surface area (Å²) >= 11 is 6.30. The lowest BCUT2D eigenvalue weighted by Gasteiger charge is -2.65. The number of piperidine rings is 1. The summed E-state index contributed by atoms with van der Waals surface area (Å²) in [4.78, 5) is 70.2. The van der Waals surface area contributed by atoms with Gasteiger partial charge in [0.1, 0.15) is 24.0 Å². The van der Waals surface area contributed by atoms with Crippen LogP contribution in [0, 0.1) is 45.8 Å². The van der Waals surface area contributed by atoms with Gasteiger partial charge in [0.15, 0.2) is 0 Å². The van der Waals surface area contributed by atoms with Crippen molar-refractivity contribution in [3.8, 4) is 23.7 Å². The van der Waals surface area contributed by atoms with E-state index in [0.29, 0.717) is 52.4 Å². The van der Waals surface area contributed by atoms with Crippen molar-refractivity contribution in [2.75, 3.05) is 13.1 Å². The number of carbonyl (C=O) groups is 5. The molecule has 3 fully saturated rings. The number of nitrogens with one attached hydrogen (secondary N) is 1. The van der Waals surface area contributed by atoms with Gasteiger partial charge >= 0.3 is 0 Å².